The second-order valence-electron chi connectivity index (χ2n) is 14.2. The molecule has 0 aliphatic carbocycles. The highest BCUT2D eigenvalue weighted by atomic mass is 16.3. The molecule has 0 saturated heterocycles. The van der Waals surface area contributed by atoms with Gasteiger partial charge in [-0.3, -0.25) is 0 Å². The number of hydrogen-bond acceptors (Lipinski definition) is 4. The highest BCUT2D eigenvalue weighted by molar-refractivity contribution is 6.17. The fraction of sp³-hybridized carbons (Fsp3) is 0.0196. The van der Waals surface area contributed by atoms with Gasteiger partial charge in [-0.2, -0.15) is 0 Å². The number of nitrogens with zero attached hydrogens (tertiary/aromatic N) is 3. The van der Waals surface area contributed by atoms with Crippen molar-refractivity contribution in [3.8, 4) is 27.9 Å². The average molecular weight is 719 g/mol. The van der Waals surface area contributed by atoms with Crippen molar-refractivity contribution in [2.45, 2.75) is 6.17 Å². The van der Waals surface area contributed by atoms with Gasteiger partial charge >= 0.3 is 0 Å². The Balaban J connectivity index is 1.02. The van der Waals surface area contributed by atoms with E-state index in [1.807, 2.05) is 36.4 Å². The predicted molar refractivity (Wildman–Crippen MR) is 231 cm³/mol. The standard InChI is InChI=1S/C51H34N4O/c1-4-15-33(16-5-1)39-24-13-27-44-47(39)42-23-10-11-26-43(42)55(44)45-28-14-25-41-40-30-29-37(32-46(40)56-48(41)45)36-21-12-22-38(31-36)51-53-49(34-17-6-2-7-18-34)52-50(54-51)35-19-8-3-9-20-35/h1-32,49H,(H,52,53,54). The first kappa shape index (κ1) is 32.0. The third-order valence-electron chi connectivity index (χ3n) is 10.9. The van der Waals surface area contributed by atoms with E-state index in [1.165, 1.54) is 21.9 Å². The van der Waals surface area contributed by atoms with Gasteiger partial charge in [0.25, 0.3) is 0 Å². The molecular formula is C51H34N4O. The van der Waals surface area contributed by atoms with Crippen LogP contribution >= 0.6 is 0 Å². The summed E-state index contributed by atoms with van der Waals surface area (Å²) < 4.78 is 9.24. The maximum absolute atomic E-state index is 6.88. The smallest absolute Gasteiger partial charge is 0.159 e. The van der Waals surface area contributed by atoms with Crippen molar-refractivity contribution >= 4 is 55.4 Å². The van der Waals surface area contributed by atoms with Crippen LogP contribution in [0.25, 0.3) is 71.7 Å². The van der Waals surface area contributed by atoms with Crippen molar-refractivity contribution in [1.82, 2.24) is 9.88 Å². The second-order valence-corrected chi connectivity index (χ2v) is 14.2. The number of furan rings is 1. The first-order chi connectivity index (χ1) is 27.8. The SMILES string of the molecule is c1ccc(C2=NC(c3cccc(-c4ccc5c(c4)oc4c(-n6c7ccccc7c7c(-c8ccccc8)cccc76)cccc45)c3)=NC(c3ccccc3)N2)cc1. The summed E-state index contributed by atoms with van der Waals surface area (Å²) in [5.41, 5.74) is 12.6. The minimum atomic E-state index is -0.261. The summed E-state index contributed by atoms with van der Waals surface area (Å²) in [5, 5.41) is 8.17. The van der Waals surface area contributed by atoms with Crippen molar-refractivity contribution in [1.29, 1.82) is 0 Å². The third-order valence-corrected chi connectivity index (χ3v) is 10.9. The third kappa shape index (κ3) is 5.32. The lowest BCUT2D eigenvalue weighted by molar-refractivity contribution is 0.666. The first-order valence-corrected chi connectivity index (χ1v) is 18.9. The number of aliphatic imine (C=N–C) groups is 2. The van der Waals surface area contributed by atoms with E-state index in [0.717, 1.165) is 72.3 Å². The zero-order valence-corrected chi connectivity index (χ0v) is 30.3. The van der Waals surface area contributed by atoms with Crippen LogP contribution in [0, 0.1) is 0 Å². The Hall–Kier alpha value is -7.50. The lowest BCUT2D eigenvalue weighted by atomic mass is 9.99. The topological polar surface area (TPSA) is 54.8 Å². The fourth-order valence-corrected chi connectivity index (χ4v) is 8.24. The van der Waals surface area contributed by atoms with E-state index in [0.29, 0.717) is 5.84 Å². The maximum Gasteiger partial charge on any atom is 0.159 e. The number of nitrogens with one attached hydrogen (secondary N) is 1. The average Bonchev–Trinajstić information content (AvgIpc) is 3.83. The van der Waals surface area contributed by atoms with Crippen LogP contribution in [-0.2, 0) is 0 Å². The van der Waals surface area contributed by atoms with E-state index in [-0.39, 0.29) is 6.17 Å². The molecule has 11 rings (SSSR count). The van der Waals surface area contributed by atoms with Crippen LogP contribution < -0.4 is 5.32 Å². The van der Waals surface area contributed by atoms with Gasteiger partial charge in [0.05, 0.1) is 16.7 Å². The van der Waals surface area contributed by atoms with E-state index < -0.39 is 0 Å². The van der Waals surface area contributed by atoms with Crippen molar-refractivity contribution < 1.29 is 4.42 Å². The van der Waals surface area contributed by atoms with Gasteiger partial charge in [-0.25, -0.2) is 9.98 Å². The molecule has 56 heavy (non-hydrogen) atoms. The van der Waals surface area contributed by atoms with Gasteiger partial charge in [0.1, 0.15) is 17.6 Å². The summed E-state index contributed by atoms with van der Waals surface area (Å²) in [6.45, 7) is 0. The Morgan fingerprint density at radius 1 is 0.482 bits per heavy atom. The molecule has 0 fully saturated rings. The van der Waals surface area contributed by atoms with Gasteiger partial charge in [0, 0.05) is 32.7 Å². The molecular weight excluding hydrogens is 685 g/mol. The van der Waals surface area contributed by atoms with E-state index >= 15 is 0 Å². The predicted octanol–water partition coefficient (Wildman–Crippen LogP) is 12.5. The summed E-state index contributed by atoms with van der Waals surface area (Å²) in [4.78, 5) is 10.2. The van der Waals surface area contributed by atoms with Gasteiger partial charge in [-0.15, -0.1) is 0 Å². The second kappa shape index (κ2) is 13.1. The van der Waals surface area contributed by atoms with Gasteiger partial charge in [0.2, 0.25) is 0 Å². The van der Waals surface area contributed by atoms with Gasteiger partial charge in [-0.05, 0) is 64.2 Å². The molecule has 0 bridgehead atoms. The Kier molecular flexibility index (Phi) is 7.49. The molecule has 0 amide bonds. The molecule has 1 aliphatic heterocycles. The van der Waals surface area contributed by atoms with E-state index in [1.54, 1.807) is 0 Å². The zero-order chi connectivity index (χ0) is 37.0. The molecule has 1 N–H and O–H groups in total. The van der Waals surface area contributed by atoms with Gasteiger partial charge in [-0.1, -0.05) is 158 Å². The molecule has 1 aliphatic rings. The molecule has 8 aromatic carbocycles. The molecule has 1 atom stereocenters. The Labute approximate surface area is 323 Å². The van der Waals surface area contributed by atoms with Crippen LogP contribution in [0.5, 0.6) is 0 Å². The van der Waals surface area contributed by atoms with Crippen LogP contribution in [0.4, 0.5) is 0 Å². The number of rotatable bonds is 6. The van der Waals surface area contributed by atoms with Crippen LogP contribution in [0.15, 0.2) is 209 Å². The van der Waals surface area contributed by atoms with Gasteiger partial charge in [0.15, 0.2) is 11.4 Å². The summed E-state index contributed by atoms with van der Waals surface area (Å²) in [6, 6.07) is 67.9. The number of fused-ring (bicyclic) bond motifs is 6. The van der Waals surface area contributed by atoms with E-state index in [4.69, 9.17) is 14.4 Å². The van der Waals surface area contributed by atoms with Crippen LogP contribution in [0.2, 0.25) is 0 Å². The maximum atomic E-state index is 6.88. The van der Waals surface area contributed by atoms with Crippen LogP contribution in [0.3, 0.4) is 0 Å². The summed E-state index contributed by atoms with van der Waals surface area (Å²) in [6.07, 6.45) is -0.261. The van der Waals surface area contributed by atoms with Crippen LogP contribution in [0.1, 0.15) is 22.9 Å². The van der Waals surface area contributed by atoms with Crippen molar-refractivity contribution in [3.63, 3.8) is 0 Å². The molecule has 3 heterocycles. The number of hydrogen-bond donors (Lipinski definition) is 1. The quantitative estimate of drug-likeness (QED) is 0.186. The molecule has 5 nitrogen and oxygen atoms in total. The van der Waals surface area contributed by atoms with Crippen molar-refractivity contribution in [2.75, 3.05) is 0 Å². The van der Waals surface area contributed by atoms with Crippen LogP contribution in [-0.4, -0.2) is 16.2 Å². The first-order valence-electron chi connectivity index (χ1n) is 18.9. The molecule has 0 saturated carbocycles. The minimum Gasteiger partial charge on any atom is -0.454 e. The summed E-state index contributed by atoms with van der Waals surface area (Å²) in [7, 11) is 0. The molecule has 10 aromatic rings. The molecule has 0 spiro atoms. The lowest BCUT2D eigenvalue weighted by Gasteiger charge is -2.23. The zero-order valence-electron chi connectivity index (χ0n) is 30.3. The fourth-order valence-electron chi connectivity index (χ4n) is 8.24. The normalized spacial score (nSPS) is 14.2. The Bertz CT molecular complexity index is 3160. The largest absolute Gasteiger partial charge is 0.454 e. The minimum absolute atomic E-state index is 0.261. The Morgan fingerprint density at radius 3 is 1.96 bits per heavy atom. The highest BCUT2D eigenvalue weighted by Crippen LogP contribution is 2.42. The molecule has 1 unspecified atom stereocenters. The summed E-state index contributed by atoms with van der Waals surface area (Å²) in [5.74, 6) is 1.49. The molecule has 264 valence electrons. The monoisotopic (exact) mass is 718 g/mol. The Morgan fingerprint density at radius 2 is 1.12 bits per heavy atom. The molecule has 0 radical (unpaired) electrons. The van der Waals surface area contributed by atoms with Crippen molar-refractivity contribution in [2.24, 2.45) is 9.98 Å². The van der Waals surface area contributed by atoms with E-state index in [9.17, 15) is 0 Å². The van der Waals surface area contributed by atoms with Gasteiger partial charge < -0.3 is 14.3 Å². The number of benzene rings is 8. The molecule has 5 heteroatoms. The highest BCUT2D eigenvalue weighted by Gasteiger charge is 2.22. The summed E-state index contributed by atoms with van der Waals surface area (Å²) >= 11 is 0. The number of aromatic nitrogens is 1. The number of para-hydroxylation sites is 2. The molecule has 2 aromatic heterocycles. The van der Waals surface area contributed by atoms with Crippen molar-refractivity contribution in [3.05, 3.63) is 211 Å². The number of amidine groups is 2. The van der Waals surface area contributed by atoms with E-state index in [2.05, 4.69) is 168 Å². The lowest BCUT2D eigenvalue weighted by Crippen LogP contribution is -2.33.